The maximum Gasteiger partial charge on any atom is 0.0635 e. The highest BCUT2D eigenvalue weighted by Gasteiger charge is 2.09. The molecule has 0 unspecified atom stereocenters. The molecule has 1 heterocycles. The van der Waals surface area contributed by atoms with Crippen LogP contribution in [0.5, 0.6) is 0 Å². The lowest BCUT2D eigenvalue weighted by molar-refractivity contribution is 0.215. The molecule has 3 heteroatoms. The molecule has 0 radical (unpaired) electrons. The molecule has 0 N–H and O–H groups in total. The number of hydrogen-bond donors (Lipinski definition) is 0. The van der Waals surface area contributed by atoms with Crippen molar-refractivity contribution in [1.29, 1.82) is 5.26 Å². The molecule has 0 saturated carbocycles. The van der Waals surface area contributed by atoms with Crippen LogP contribution in [0.25, 0.3) is 0 Å². The van der Waals surface area contributed by atoms with Gasteiger partial charge >= 0.3 is 0 Å². The van der Waals surface area contributed by atoms with Crippen LogP contribution in [0.4, 0.5) is 0 Å². The molecule has 3 nitrogen and oxygen atoms in total. The second-order valence-corrected chi connectivity index (χ2v) is 3.79. The molecular weight excluding hydrogens is 186 g/mol. The summed E-state index contributed by atoms with van der Waals surface area (Å²) in [5.41, 5.74) is 1.06. The second kappa shape index (κ2) is 6.15. The van der Waals surface area contributed by atoms with E-state index in [-0.39, 0.29) is 0 Å². The lowest BCUT2D eigenvalue weighted by atomic mass is 10.2. The van der Waals surface area contributed by atoms with Gasteiger partial charge in [0, 0.05) is 31.7 Å². The molecule has 0 spiro atoms. The lowest BCUT2D eigenvalue weighted by Gasteiger charge is -2.24. The average Bonchev–Trinajstić information content (AvgIpc) is 2.25. The standard InChI is InChI=1S/C12H17N3/c1-11(2)15(9-5-7-13)10-12-6-3-4-8-14-12/h3-4,6,8,11H,5,9-10H2,1-2H3. The number of nitriles is 1. The average molecular weight is 203 g/mol. The fraction of sp³-hybridized carbons (Fsp3) is 0.500. The molecule has 15 heavy (non-hydrogen) atoms. The molecule has 0 aliphatic heterocycles. The molecule has 1 rings (SSSR count). The molecule has 0 bridgehead atoms. The minimum atomic E-state index is 0.445. The van der Waals surface area contributed by atoms with Gasteiger partial charge in [-0.25, -0.2) is 0 Å². The summed E-state index contributed by atoms with van der Waals surface area (Å²) in [7, 11) is 0. The van der Waals surface area contributed by atoms with Crippen molar-refractivity contribution < 1.29 is 0 Å². The molecule has 80 valence electrons. The van der Waals surface area contributed by atoms with E-state index >= 15 is 0 Å². The number of hydrogen-bond acceptors (Lipinski definition) is 3. The van der Waals surface area contributed by atoms with Gasteiger partial charge in [-0.2, -0.15) is 5.26 Å². The molecule has 0 aromatic carbocycles. The van der Waals surface area contributed by atoms with Crippen LogP contribution in [0.2, 0.25) is 0 Å². The minimum Gasteiger partial charge on any atom is -0.294 e. The highest BCUT2D eigenvalue weighted by molar-refractivity contribution is 5.03. The van der Waals surface area contributed by atoms with Gasteiger partial charge < -0.3 is 0 Å². The highest BCUT2D eigenvalue weighted by atomic mass is 15.1. The minimum absolute atomic E-state index is 0.445. The third kappa shape index (κ3) is 4.09. The van der Waals surface area contributed by atoms with Crippen LogP contribution in [-0.4, -0.2) is 22.5 Å². The van der Waals surface area contributed by atoms with E-state index in [1.807, 2.05) is 18.2 Å². The maximum atomic E-state index is 8.57. The van der Waals surface area contributed by atoms with Crippen molar-refractivity contribution in [3.8, 4) is 6.07 Å². The summed E-state index contributed by atoms with van der Waals surface area (Å²) in [5, 5.41) is 8.57. The Morgan fingerprint density at radius 3 is 2.80 bits per heavy atom. The normalized spacial score (nSPS) is 10.6. The van der Waals surface area contributed by atoms with Crippen LogP contribution < -0.4 is 0 Å². The van der Waals surface area contributed by atoms with Gasteiger partial charge in [0.15, 0.2) is 0 Å². The Hall–Kier alpha value is -1.40. The van der Waals surface area contributed by atoms with Crippen LogP contribution in [0.15, 0.2) is 24.4 Å². The van der Waals surface area contributed by atoms with E-state index in [9.17, 15) is 0 Å². The fourth-order valence-corrected chi connectivity index (χ4v) is 1.41. The largest absolute Gasteiger partial charge is 0.294 e. The summed E-state index contributed by atoms with van der Waals surface area (Å²) >= 11 is 0. The van der Waals surface area contributed by atoms with Crippen LogP contribution in [0.3, 0.4) is 0 Å². The molecule has 0 saturated heterocycles. The Kier molecular flexibility index (Phi) is 4.79. The molecule has 0 aliphatic rings. The first-order chi connectivity index (χ1) is 7.24. The first kappa shape index (κ1) is 11.7. The Morgan fingerprint density at radius 2 is 2.27 bits per heavy atom. The molecule has 0 atom stereocenters. The van der Waals surface area contributed by atoms with Crippen molar-refractivity contribution in [3.63, 3.8) is 0 Å². The van der Waals surface area contributed by atoms with E-state index in [0.717, 1.165) is 18.8 Å². The quantitative estimate of drug-likeness (QED) is 0.736. The van der Waals surface area contributed by atoms with Gasteiger partial charge in [-0.3, -0.25) is 9.88 Å². The van der Waals surface area contributed by atoms with Gasteiger partial charge in [0.25, 0.3) is 0 Å². The van der Waals surface area contributed by atoms with E-state index in [4.69, 9.17) is 5.26 Å². The van der Waals surface area contributed by atoms with Crippen molar-refractivity contribution in [2.45, 2.75) is 32.9 Å². The summed E-state index contributed by atoms with van der Waals surface area (Å²) in [6.45, 7) is 5.91. The second-order valence-electron chi connectivity index (χ2n) is 3.79. The van der Waals surface area contributed by atoms with Crippen LogP contribution in [0.1, 0.15) is 26.0 Å². The zero-order valence-corrected chi connectivity index (χ0v) is 9.35. The van der Waals surface area contributed by atoms with Crippen molar-refractivity contribution in [3.05, 3.63) is 30.1 Å². The molecule has 1 aromatic rings. The molecule has 0 amide bonds. The summed E-state index contributed by atoms with van der Waals surface area (Å²) in [5.74, 6) is 0. The molecule has 0 fully saturated rings. The lowest BCUT2D eigenvalue weighted by Crippen LogP contribution is -2.31. The molecular formula is C12H17N3. The van der Waals surface area contributed by atoms with E-state index in [0.29, 0.717) is 12.5 Å². The Labute approximate surface area is 91.4 Å². The molecule has 0 aliphatic carbocycles. The summed E-state index contributed by atoms with van der Waals surface area (Å²) in [6, 6.07) is 8.54. The number of nitrogens with zero attached hydrogens (tertiary/aromatic N) is 3. The summed E-state index contributed by atoms with van der Waals surface area (Å²) in [6.07, 6.45) is 2.38. The number of rotatable bonds is 5. The third-order valence-corrected chi connectivity index (χ3v) is 2.33. The highest BCUT2D eigenvalue weighted by Crippen LogP contribution is 2.06. The predicted molar refractivity (Wildman–Crippen MR) is 60.0 cm³/mol. The van der Waals surface area contributed by atoms with Gasteiger partial charge in [-0.1, -0.05) is 6.07 Å². The maximum absolute atomic E-state index is 8.57. The van der Waals surface area contributed by atoms with Crippen LogP contribution in [0, 0.1) is 11.3 Å². The Morgan fingerprint density at radius 1 is 1.47 bits per heavy atom. The van der Waals surface area contributed by atoms with E-state index in [2.05, 4.69) is 29.8 Å². The first-order valence-electron chi connectivity index (χ1n) is 5.25. The first-order valence-corrected chi connectivity index (χ1v) is 5.25. The van der Waals surface area contributed by atoms with Crippen LogP contribution >= 0.6 is 0 Å². The summed E-state index contributed by atoms with van der Waals surface area (Å²) in [4.78, 5) is 6.54. The Bertz CT molecular complexity index is 313. The predicted octanol–water partition coefficient (Wildman–Crippen LogP) is 2.21. The van der Waals surface area contributed by atoms with Gasteiger partial charge in [-0.05, 0) is 26.0 Å². The summed E-state index contributed by atoms with van der Waals surface area (Å²) < 4.78 is 0. The smallest absolute Gasteiger partial charge is 0.0635 e. The zero-order chi connectivity index (χ0) is 11.1. The molecule has 1 aromatic heterocycles. The van der Waals surface area contributed by atoms with Gasteiger partial charge in [-0.15, -0.1) is 0 Å². The fourth-order valence-electron chi connectivity index (χ4n) is 1.41. The van der Waals surface area contributed by atoms with E-state index in [1.54, 1.807) is 6.20 Å². The van der Waals surface area contributed by atoms with E-state index < -0.39 is 0 Å². The van der Waals surface area contributed by atoms with Crippen molar-refractivity contribution in [2.24, 2.45) is 0 Å². The van der Waals surface area contributed by atoms with Gasteiger partial charge in [0.1, 0.15) is 0 Å². The zero-order valence-electron chi connectivity index (χ0n) is 9.35. The van der Waals surface area contributed by atoms with E-state index in [1.165, 1.54) is 0 Å². The van der Waals surface area contributed by atoms with Crippen molar-refractivity contribution in [1.82, 2.24) is 9.88 Å². The van der Waals surface area contributed by atoms with Crippen molar-refractivity contribution in [2.75, 3.05) is 6.54 Å². The SMILES string of the molecule is CC(C)N(CCC#N)Cc1ccccn1. The number of aromatic nitrogens is 1. The third-order valence-electron chi connectivity index (χ3n) is 2.33. The van der Waals surface area contributed by atoms with Gasteiger partial charge in [0.05, 0.1) is 11.8 Å². The van der Waals surface area contributed by atoms with Crippen molar-refractivity contribution >= 4 is 0 Å². The topological polar surface area (TPSA) is 39.9 Å². The Balaban J connectivity index is 2.56. The number of pyridine rings is 1. The monoisotopic (exact) mass is 203 g/mol. The van der Waals surface area contributed by atoms with Gasteiger partial charge in [0.2, 0.25) is 0 Å². The van der Waals surface area contributed by atoms with Crippen LogP contribution in [-0.2, 0) is 6.54 Å².